The van der Waals surface area contributed by atoms with Gasteiger partial charge in [-0.15, -0.1) is 0 Å². The molecule has 0 N–H and O–H groups in total. The van der Waals surface area contributed by atoms with Crippen LogP contribution in [0.3, 0.4) is 0 Å². The molecule has 5 nitrogen and oxygen atoms in total. The van der Waals surface area contributed by atoms with E-state index >= 15 is 0 Å². The molecule has 1 aromatic rings. The van der Waals surface area contributed by atoms with Gasteiger partial charge in [-0.1, -0.05) is 37.1 Å². The monoisotopic (exact) mass is 352 g/mol. The Balaban J connectivity index is 1.92. The summed E-state index contributed by atoms with van der Waals surface area (Å²) in [5.74, 6) is 0.286. The number of rotatable bonds is 6. The summed E-state index contributed by atoms with van der Waals surface area (Å²) < 4.78 is 26.0. The first-order valence-electron chi connectivity index (χ1n) is 8.65. The quantitative estimate of drug-likeness (QED) is 0.788. The largest absolute Gasteiger partial charge is 0.340 e. The summed E-state index contributed by atoms with van der Waals surface area (Å²) in [7, 11) is -3.17. The van der Waals surface area contributed by atoms with Crippen LogP contribution < -0.4 is 0 Å². The van der Waals surface area contributed by atoms with Crippen molar-refractivity contribution in [3.05, 3.63) is 34.9 Å². The topological polar surface area (TPSA) is 57.7 Å². The molecule has 0 unspecified atom stereocenters. The van der Waals surface area contributed by atoms with Crippen LogP contribution in [-0.4, -0.2) is 55.5 Å². The summed E-state index contributed by atoms with van der Waals surface area (Å²) in [5.41, 5.74) is 3.32. The Morgan fingerprint density at radius 3 is 2.42 bits per heavy atom. The second-order valence-corrected chi connectivity index (χ2v) is 8.64. The van der Waals surface area contributed by atoms with Gasteiger partial charge in [-0.25, -0.2) is 8.42 Å². The van der Waals surface area contributed by atoms with Crippen molar-refractivity contribution in [3.63, 3.8) is 0 Å². The maximum absolute atomic E-state index is 12.5. The van der Waals surface area contributed by atoms with Gasteiger partial charge in [0.15, 0.2) is 0 Å². The minimum absolute atomic E-state index is 0.0781. The molecular weight excluding hydrogens is 324 g/mol. The van der Waals surface area contributed by atoms with E-state index in [0.29, 0.717) is 39.0 Å². The van der Waals surface area contributed by atoms with Crippen LogP contribution in [-0.2, 0) is 21.2 Å². The molecule has 1 fully saturated rings. The summed E-state index contributed by atoms with van der Waals surface area (Å²) in [6, 6.07) is 6.14. The van der Waals surface area contributed by atoms with Crippen molar-refractivity contribution in [3.8, 4) is 0 Å². The fourth-order valence-corrected chi connectivity index (χ4v) is 4.57. The number of hydrogen-bond acceptors (Lipinski definition) is 3. The number of unbranched alkanes of at least 4 members (excludes halogenated alkanes) is 1. The average molecular weight is 353 g/mol. The third kappa shape index (κ3) is 4.80. The number of sulfonamides is 1. The molecular formula is C18H28N2O3S. The summed E-state index contributed by atoms with van der Waals surface area (Å²) in [6.45, 7) is 7.80. The first kappa shape index (κ1) is 18.9. The molecule has 0 aliphatic carbocycles. The van der Waals surface area contributed by atoms with E-state index in [9.17, 15) is 13.2 Å². The van der Waals surface area contributed by atoms with E-state index in [1.54, 1.807) is 4.90 Å². The average Bonchev–Trinajstić information content (AvgIpc) is 2.56. The maximum Gasteiger partial charge on any atom is 0.227 e. The fraction of sp³-hybridized carbons (Fsp3) is 0.611. The van der Waals surface area contributed by atoms with Crippen LogP contribution in [0.5, 0.6) is 0 Å². The number of benzene rings is 1. The molecule has 24 heavy (non-hydrogen) atoms. The molecule has 0 bridgehead atoms. The van der Waals surface area contributed by atoms with Gasteiger partial charge in [-0.2, -0.15) is 4.31 Å². The molecule has 0 atom stereocenters. The fourth-order valence-electron chi connectivity index (χ4n) is 2.94. The number of amides is 1. The first-order valence-corrected chi connectivity index (χ1v) is 10.3. The SMILES string of the molecule is CCCCS(=O)(=O)N1CCN(C(=O)Cc2cc(C)ccc2C)CC1. The van der Waals surface area contributed by atoms with Crippen molar-refractivity contribution in [2.45, 2.75) is 40.0 Å². The van der Waals surface area contributed by atoms with Gasteiger partial charge in [0.1, 0.15) is 0 Å². The zero-order valence-corrected chi connectivity index (χ0v) is 15.7. The number of carbonyl (C=O) groups is 1. The molecule has 0 aromatic heterocycles. The Labute approximate surface area is 145 Å². The summed E-state index contributed by atoms with van der Waals surface area (Å²) >= 11 is 0. The zero-order valence-electron chi connectivity index (χ0n) is 14.9. The third-order valence-corrected chi connectivity index (χ3v) is 6.54. The number of piperazine rings is 1. The zero-order chi connectivity index (χ0) is 17.7. The Morgan fingerprint density at radius 2 is 1.79 bits per heavy atom. The van der Waals surface area contributed by atoms with Crippen LogP contribution >= 0.6 is 0 Å². The smallest absolute Gasteiger partial charge is 0.227 e. The standard InChI is InChI=1S/C18H28N2O3S/c1-4-5-12-24(22,23)20-10-8-19(9-11-20)18(21)14-17-13-15(2)6-7-16(17)3/h6-7,13H,4-5,8-12,14H2,1-3H3. The highest BCUT2D eigenvalue weighted by Gasteiger charge is 2.28. The second-order valence-electron chi connectivity index (χ2n) is 6.56. The third-order valence-electron chi connectivity index (χ3n) is 4.59. The molecule has 1 aromatic carbocycles. The maximum atomic E-state index is 12.5. The number of nitrogens with zero attached hydrogens (tertiary/aromatic N) is 2. The predicted molar refractivity (Wildman–Crippen MR) is 96.5 cm³/mol. The van der Waals surface area contributed by atoms with Crippen molar-refractivity contribution in [1.82, 2.24) is 9.21 Å². The molecule has 134 valence electrons. The normalized spacial score (nSPS) is 16.4. The van der Waals surface area contributed by atoms with Gasteiger partial charge in [0.2, 0.25) is 15.9 Å². The van der Waals surface area contributed by atoms with Gasteiger partial charge in [0.05, 0.1) is 12.2 Å². The molecule has 0 radical (unpaired) electrons. The number of carbonyl (C=O) groups excluding carboxylic acids is 1. The van der Waals surface area contributed by atoms with Gasteiger partial charge < -0.3 is 4.90 Å². The summed E-state index contributed by atoms with van der Waals surface area (Å²) in [6.07, 6.45) is 1.94. The van der Waals surface area contributed by atoms with E-state index in [0.717, 1.165) is 23.1 Å². The Morgan fingerprint density at radius 1 is 1.12 bits per heavy atom. The first-order chi connectivity index (χ1) is 11.3. The van der Waals surface area contributed by atoms with Crippen molar-refractivity contribution >= 4 is 15.9 Å². The lowest BCUT2D eigenvalue weighted by molar-refractivity contribution is -0.131. The van der Waals surface area contributed by atoms with E-state index in [1.165, 1.54) is 4.31 Å². The van der Waals surface area contributed by atoms with Crippen LogP contribution in [0.25, 0.3) is 0 Å². The number of aryl methyl sites for hydroxylation is 2. The van der Waals surface area contributed by atoms with Crippen molar-refractivity contribution in [2.75, 3.05) is 31.9 Å². The molecule has 2 rings (SSSR count). The van der Waals surface area contributed by atoms with E-state index in [-0.39, 0.29) is 11.7 Å². The van der Waals surface area contributed by atoms with E-state index in [1.807, 2.05) is 32.9 Å². The number of hydrogen-bond donors (Lipinski definition) is 0. The van der Waals surface area contributed by atoms with Crippen LogP contribution in [0.1, 0.15) is 36.5 Å². The van der Waals surface area contributed by atoms with Crippen LogP contribution in [0.4, 0.5) is 0 Å². The van der Waals surface area contributed by atoms with E-state index in [4.69, 9.17) is 0 Å². The molecule has 6 heteroatoms. The lowest BCUT2D eigenvalue weighted by atomic mass is 10.0. The molecule has 1 aliphatic heterocycles. The molecule has 1 heterocycles. The van der Waals surface area contributed by atoms with Gasteiger partial charge in [-0.3, -0.25) is 4.79 Å². The molecule has 0 spiro atoms. The van der Waals surface area contributed by atoms with Crippen molar-refractivity contribution < 1.29 is 13.2 Å². The van der Waals surface area contributed by atoms with Crippen LogP contribution in [0.2, 0.25) is 0 Å². The van der Waals surface area contributed by atoms with Gasteiger partial charge in [-0.05, 0) is 31.4 Å². The summed E-state index contributed by atoms with van der Waals surface area (Å²) in [5, 5.41) is 0. The second kappa shape index (κ2) is 8.12. The molecule has 1 amide bonds. The van der Waals surface area contributed by atoms with Crippen LogP contribution in [0.15, 0.2) is 18.2 Å². The van der Waals surface area contributed by atoms with Crippen LogP contribution in [0, 0.1) is 13.8 Å². The minimum atomic E-state index is -3.17. The van der Waals surface area contributed by atoms with Crippen molar-refractivity contribution in [1.29, 1.82) is 0 Å². The highest BCUT2D eigenvalue weighted by Crippen LogP contribution is 2.15. The van der Waals surface area contributed by atoms with E-state index in [2.05, 4.69) is 6.07 Å². The lowest BCUT2D eigenvalue weighted by Crippen LogP contribution is -2.51. The Kier molecular flexibility index (Phi) is 6.40. The Bertz CT molecular complexity index is 678. The highest BCUT2D eigenvalue weighted by molar-refractivity contribution is 7.89. The highest BCUT2D eigenvalue weighted by atomic mass is 32.2. The predicted octanol–water partition coefficient (Wildman–Crippen LogP) is 2.12. The molecule has 1 aliphatic rings. The minimum Gasteiger partial charge on any atom is -0.340 e. The van der Waals surface area contributed by atoms with Gasteiger partial charge in [0.25, 0.3) is 0 Å². The Hall–Kier alpha value is -1.40. The molecule has 1 saturated heterocycles. The lowest BCUT2D eigenvalue weighted by Gasteiger charge is -2.34. The van der Waals surface area contributed by atoms with Gasteiger partial charge in [0, 0.05) is 26.2 Å². The molecule has 0 saturated carbocycles. The van der Waals surface area contributed by atoms with E-state index < -0.39 is 10.0 Å². The van der Waals surface area contributed by atoms with Gasteiger partial charge >= 0.3 is 0 Å². The summed E-state index contributed by atoms with van der Waals surface area (Å²) in [4.78, 5) is 14.3. The van der Waals surface area contributed by atoms with Crippen molar-refractivity contribution in [2.24, 2.45) is 0 Å².